The van der Waals surface area contributed by atoms with Crippen LogP contribution in [0.3, 0.4) is 0 Å². The molecule has 2 aromatic rings. The molecule has 1 saturated heterocycles. The maximum Gasteiger partial charge on any atom is 0.244 e. The molecule has 1 amide bonds. The van der Waals surface area contributed by atoms with Gasteiger partial charge in [0, 0.05) is 30.9 Å². The number of carbonyl (C=O) groups excluding carboxylic acids is 1. The van der Waals surface area contributed by atoms with Crippen LogP contribution in [0.5, 0.6) is 11.5 Å². The molecule has 0 saturated carbocycles. The van der Waals surface area contributed by atoms with Crippen LogP contribution in [0.15, 0.2) is 54.6 Å². The number of hydrogen-bond donors (Lipinski definition) is 1. The summed E-state index contributed by atoms with van der Waals surface area (Å²) in [6.45, 7) is 1.94. The molecule has 0 aromatic heterocycles. The molecule has 1 atom stereocenters. The van der Waals surface area contributed by atoms with E-state index >= 15 is 0 Å². The zero-order valence-corrected chi connectivity index (χ0v) is 14.6. The Bertz CT molecular complexity index is 804. The first-order chi connectivity index (χ1) is 12.8. The van der Waals surface area contributed by atoms with E-state index in [0.29, 0.717) is 12.6 Å². The molecule has 2 aliphatic heterocycles. The summed E-state index contributed by atoms with van der Waals surface area (Å²) in [4.78, 5) is 14.6. The van der Waals surface area contributed by atoms with Crippen molar-refractivity contribution in [2.75, 3.05) is 24.8 Å². The van der Waals surface area contributed by atoms with Crippen LogP contribution in [0.2, 0.25) is 0 Å². The SMILES string of the molecule is O=C(/C=C/c1ccc2c(c1)OCO2)NCC1CCCN1c1ccccc1. The molecule has 5 heteroatoms. The zero-order valence-electron chi connectivity index (χ0n) is 14.6. The summed E-state index contributed by atoms with van der Waals surface area (Å²) in [5.41, 5.74) is 2.14. The van der Waals surface area contributed by atoms with Gasteiger partial charge in [0.15, 0.2) is 11.5 Å². The molecule has 1 N–H and O–H groups in total. The lowest BCUT2D eigenvalue weighted by atomic mass is 10.2. The molecule has 134 valence electrons. The van der Waals surface area contributed by atoms with Crippen molar-refractivity contribution in [1.82, 2.24) is 5.32 Å². The molecule has 0 radical (unpaired) electrons. The van der Waals surface area contributed by atoms with Crippen LogP contribution >= 0.6 is 0 Å². The first-order valence-electron chi connectivity index (χ1n) is 8.97. The summed E-state index contributed by atoms with van der Waals surface area (Å²) in [5.74, 6) is 1.38. The largest absolute Gasteiger partial charge is 0.454 e. The Morgan fingerprint density at radius 2 is 2.00 bits per heavy atom. The Hall–Kier alpha value is -2.95. The van der Waals surface area contributed by atoms with Gasteiger partial charge in [-0.2, -0.15) is 0 Å². The van der Waals surface area contributed by atoms with Crippen LogP contribution in [0, 0.1) is 0 Å². The van der Waals surface area contributed by atoms with Crippen molar-refractivity contribution >= 4 is 17.7 Å². The van der Waals surface area contributed by atoms with Gasteiger partial charge in [0.05, 0.1) is 0 Å². The van der Waals surface area contributed by atoms with E-state index < -0.39 is 0 Å². The van der Waals surface area contributed by atoms with Crippen molar-refractivity contribution in [3.8, 4) is 11.5 Å². The first kappa shape index (κ1) is 16.5. The minimum absolute atomic E-state index is 0.0809. The normalized spacial score (nSPS) is 18.5. The molecule has 1 fully saturated rings. The predicted octanol–water partition coefficient (Wildman–Crippen LogP) is 3.21. The van der Waals surface area contributed by atoms with Gasteiger partial charge in [-0.05, 0) is 48.7 Å². The predicted molar refractivity (Wildman–Crippen MR) is 101 cm³/mol. The first-order valence-corrected chi connectivity index (χ1v) is 8.97. The Morgan fingerprint density at radius 3 is 2.88 bits per heavy atom. The fraction of sp³-hybridized carbons (Fsp3) is 0.286. The number of para-hydroxylation sites is 1. The fourth-order valence-corrected chi connectivity index (χ4v) is 3.47. The van der Waals surface area contributed by atoms with Crippen molar-refractivity contribution < 1.29 is 14.3 Å². The number of rotatable bonds is 5. The zero-order chi connectivity index (χ0) is 17.8. The van der Waals surface area contributed by atoms with Gasteiger partial charge in [0.2, 0.25) is 12.7 Å². The van der Waals surface area contributed by atoms with Gasteiger partial charge in [-0.25, -0.2) is 0 Å². The minimum Gasteiger partial charge on any atom is -0.454 e. The van der Waals surface area contributed by atoms with Gasteiger partial charge in [-0.1, -0.05) is 24.3 Å². The van der Waals surface area contributed by atoms with Crippen molar-refractivity contribution in [3.05, 3.63) is 60.2 Å². The number of amides is 1. The Balaban J connectivity index is 1.32. The Morgan fingerprint density at radius 1 is 1.15 bits per heavy atom. The van der Waals surface area contributed by atoms with Crippen LogP contribution in [0.25, 0.3) is 6.08 Å². The number of fused-ring (bicyclic) bond motifs is 1. The summed E-state index contributed by atoms with van der Waals surface area (Å²) >= 11 is 0. The number of anilines is 1. The average Bonchev–Trinajstić information content (AvgIpc) is 3.34. The van der Waals surface area contributed by atoms with Crippen molar-refractivity contribution in [1.29, 1.82) is 0 Å². The van der Waals surface area contributed by atoms with E-state index in [0.717, 1.165) is 36.4 Å². The van der Waals surface area contributed by atoms with Crippen LogP contribution < -0.4 is 19.7 Å². The lowest BCUT2D eigenvalue weighted by molar-refractivity contribution is -0.116. The second-order valence-electron chi connectivity index (χ2n) is 6.52. The molecule has 0 bridgehead atoms. The number of nitrogens with zero attached hydrogens (tertiary/aromatic N) is 1. The summed E-state index contributed by atoms with van der Waals surface area (Å²) in [6, 6.07) is 16.4. The van der Waals surface area contributed by atoms with E-state index in [-0.39, 0.29) is 12.7 Å². The Labute approximate surface area is 153 Å². The standard InChI is InChI=1S/C21H22N2O3/c24-21(11-9-16-8-10-19-20(13-16)26-15-25-19)22-14-18-7-4-12-23(18)17-5-2-1-3-6-17/h1-3,5-6,8-11,13,18H,4,7,12,14-15H2,(H,22,24)/b11-9+. The lowest BCUT2D eigenvalue weighted by Crippen LogP contribution is -2.39. The van der Waals surface area contributed by atoms with Crippen LogP contribution in [-0.4, -0.2) is 31.8 Å². The highest BCUT2D eigenvalue weighted by Crippen LogP contribution is 2.32. The smallest absolute Gasteiger partial charge is 0.244 e. The third kappa shape index (κ3) is 3.67. The van der Waals surface area contributed by atoms with Crippen molar-refractivity contribution in [3.63, 3.8) is 0 Å². The van der Waals surface area contributed by atoms with Crippen molar-refractivity contribution in [2.45, 2.75) is 18.9 Å². The fourth-order valence-electron chi connectivity index (χ4n) is 3.47. The molecule has 2 heterocycles. The van der Waals surface area contributed by atoms with E-state index in [1.165, 1.54) is 5.69 Å². The molecule has 2 aliphatic rings. The van der Waals surface area contributed by atoms with Crippen molar-refractivity contribution in [2.24, 2.45) is 0 Å². The molecule has 0 spiro atoms. The maximum absolute atomic E-state index is 12.2. The van der Waals surface area contributed by atoms with Crippen LogP contribution in [0.1, 0.15) is 18.4 Å². The highest BCUT2D eigenvalue weighted by atomic mass is 16.7. The molecular formula is C21H22N2O3. The molecule has 2 aromatic carbocycles. The minimum atomic E-state index is -0.0809. The van der Waals surface area contributed by atoms with Gasteiger partial charge >= 0.3 is 0 Å². The molecule has 1 unspecified atom stereocenters. The highest BCUT2D eigenvalue weighted by Gasteiger charge is 2.24. The molecular weight excluding hydrogens is 328 g/mol. The number of ether oxygens (including phenoxy) is 2. The number of nitrogens with one attached hydrogen (secondary N) is 1. The van der Waals surface area contributed by atoms with Crippen LogP contribution in [0.4, 0.5) is 5.69 Å². The Kier molecular flexibility index (Phi) is 4.78. The summed E-state index contributed by atoms with van der Waals surface area (Å²) < 4.78 is 10.6. The number of carbonyl (C=O) groups is 1. The second-order valence-corrected chi connectivity index (χ2v) is 6.52. The monoisotopic (exact) mass is 350 g/mol. The van der Waals surface area contributed by atoms with E-state index in [4.69, 9.17) is 9.47 Å². The summed E-state index contributed by atoms with van der Waals surface area (Å²) in [6.07, 6.45) is 5.61. The number of benzene rings is 2. The van der Waals surface area contributed by atoms with E-state index in [1.54, 1.807) is 12.2 Å². The molecule has 4 rings (SSSR count). The third-order valence-electron chi connectivity index (χ3n) is 4.80. The van der Waals surface area contributed by atoms with E-state index in [1.807, 2.05) is 24.3 Å². The van der Waals surface area contributed by atoms with Gasteiger partial charge in [-0.3, -0.25) is 4.79 Å². The molecule has 26 heavy (non-hydrogen) atoms. The highest BCUT2D eigenvalue weighted by molar-refractivity contribution is 5.91. The summed E-state index contributed by atoms with van der Waals surface area (Å²) in [5, 5.41) is 3.02. The maximum atomic E-state index is 12.2. The third-order valence-corrected chi connectivity index (χ3v) is 4.80. The average molecular weight is 350 g/mol. The van der Waals surface area contributed by atoms with E-state index in [9.17, 15) is 4.79 Å². The van der Waals surface area contributed by atoms with Gasteiger partial charge in [0.1, 0.15) is 0 Å². The van der Waals surface area contributed by atoms with Gasteiger partial charge in [-0.15, -0.1) is 0 Å². The molecule has 5 nitrogen and oxygen atoms in total. The van der Waals surface area contributed by atoms with Crippen LogP contribution in [-0.2, 0) is 4.79 Å². The number of hydrogen-bond acceptors (Lipinski definition) is 4. The van der Waals surface area contributed by atoms with E-state index in [2.05, 4.69) is 34.5 Å². The quantitative estimate of drug-likeness (QED) is 0.842. The molecule has 0 aliphatic carbocycles. The second kappa shape index (κ2) is 7.52. The van der Waals surface area contributed by atoms with Gasteiger partial charge < -0.3 is 19.7 Å². The lowest BCUT2D eigenvalue weighted by Gasteiger charge is -2.26. The van der Waals surface area contributed by atoms with Gasteiger partial charge in [0.25, 0.3) is 0 Å². The topological polar surface area (TPSA) is 50.8 Å². The summed E-state index contributed by atoms with van der Waals surface area (Å²) in [7, 11) is 0.